The summed E-state index contributed by atoms with van der Waals surface area (Å²) in [5, 5.41) is 14.7. The molecule has 1 atom stereocenters. The molecule has 38 heavy (non-hydrogen) atoms. The number of nitrogens with one attached hydrogen (secondary N) is 2. The van der Waals surface area contributed by atoms with E-state index >= 15 is 0 Å². The number of aliphatic hydroxyl groups is 1. The second-order valence-electron chi connectivity index (χ2n) is 10.6. The van der Waals surface area contributed by atoms with E-state index in [0.717, 1.165) is 11.1 Å². The minimum atomic E-state index is -1.13. The van der Waals surface area contributed by atoms with Gasteiger partial charge in [-0.25, -0.2) is 4.98 Å². The van der Waals surface area contributed by atoms with Crippen LogP contribution in [-0.4, -0.2) is 32.1 Å². The lowest BCUT2D eigenvalue weighted by Crippen LogP contribution is -2.24. The first kappa shape index (κ1) is 27.1. The van der Waals surface area contributed by atoms with Gasteiger partial charge in [-0.05, 0) is 63.3 Å². The number of rotatable bonds is 8. The van der Waals surface area contributed by atoms with Crippen LogP contribution >= 0.6 is 0 Å². The van der Waals surface area contributed by atoms with Crippen LogP contribution in [0, 0.1) is 19.8 Å². The molecular formula is C30H36N4O4. The molecule has 0 aliphatic carbocycles. The average Bonchev–Trinajstić information content (AvgIpc) is 3.29. The summed E-state index contributed by atoms with van der Waals surface area (Å²) >= 11 is 0. The lowest BCUT2D eigenvalue weighted by atomic mass is 9.87. The molecule has 0 spiro atoms. The fraction of sp³-hybridized carbons (Fsp3) is 0.367. The van der Waals surface area contributed by atoms with Crippen molar-refractivity contribution in [2.75, 3.05) is 6.54 Å². The number of para-hydroxylation sites is 1. The van der Waals surface area contributed by atoms with Gasteiger partial charge in [0.15, 0.2) is 0 Å². The largest absolute Gasteiger partial charge is 0.438 e. The Labute approximate surface area is 222 Å². The minimum Gasteiger partial charge on any atom is -0.438 e. The number of carbonyl (C=O) groups is 1. The summed E-state index contributed by atoms with van der Waals surface area (Å²) in [7, 11) is 1.66. The van der Waals surface area contributed by atoms with Gasteiger partial charge in [0.25, 0.3) is 11.5 Å². The third kappa shape index (κ3) is 5.22. The number of aromatic nitrogens is 3. The molecule has 1 amide bonds. The van der Waals surface area contributed by atoms with E-state index < -0.39 is 5.60 Å². The van der Waals surface area contributed by atoms with Crippen molar-refractivity contribution in [2.24, 2.45) is 13.0 Å². The van der Waals surface area contributed by atoms with Crippen molar-refractivity contribution >= 4 is 16.8 Å². The van der Waals surface area contributed by atoms with E-state index in [9.17, 15) is 14.7 Å². The monoisotopic (exact) mass is 516 g/mol. The van der Waals surface area contributed by atoms with Crippen molar-refractivity contribution in [1.82, 2.24) is 19.9 Å². The number of carbonyl (C=O) groups excluding carboxylic acids is 1. The van der Waals surface area contributed by atoms with Gasteiger partial charge >= 0.3 is 0 Å². The molecule has 8 heteroatoms. The molecule has 0 aliphatic rings. The first-order valence-electron chi connectivity index (χ1n) is 12.9. The molecule has 3 heterocycles. The fourth-order valence-corrected chi connectivity index (χ4v) is 4.92. The Balaban J connectivity index is 2.00. The van der Waals surface area contributed by atoms with E-state index in [2.05, 4.69) is 29.1 Å². The Bertz CT molecular complexity index is 1540. The normalized spacial score (nSPS) is 13.1. The van der Waals surface area contributed by atoms with Gasteiger partial charge in [0.2, 0.25) is 5.88 Å². The standard InChI is InChI=1S/C30H36N4O4/c1-8-31-27(35)24-13-21-23(16-34(7)29(36)25(21)33-24)22-12-20(30(6,37)14-17(2)3)15-32-28(22)38-26-18(4)10-9-11-19(26)5/h9-13,15-17,33,37H,8,14H2,1-7H3,(H,31,35). The highest BCUT2D eigenvalue weighted by Crippen LogP contribution is 2.40. The van der Waals surface area contributed by atoms with Crippen LogP contribution in [0.4, 0.5) is 0 Å². The fourth-order valence-electron chi connectivity index (χ4n) is 4.92. The third-order valence-electron chi connectivity index (χ3n) is 6.72. The lowest BCUT2D eigenvalue weighted by molar-refractivity contribution is 0.0345. The van der Waals surface area contributed by atoms with Gasteiger partial charge in [-0.15, -0.1) is 0 Å². The zero-order chi connectivity index (χ0) is 27.8. The van der Waals surface area contributed by atoms with Crippen LogP contribution in [0.5, 0.6) is 11.6 Å². The van der Waals surface area contributed by atoms with Crippen molar-refractivity contribution < 1.29 is 14.6 Å². The predicted octanol–water partition coefficient (Wildman–Crippen LogP) is 5.34. The molecule has 200 valence electrons. The van der Waals surface area contributed by atoms with E-state index in [0.29, 0.717) is 57.9 Å². The van der Waals surface area contributed by atoms with Gasteiger partial charge in [-0.3, -0.25) is 9.59 Å². The first-order chi connectivity index (χ1) is 17.9. The van der Waals surface area contributed by atoms with E-state index in [1.54, 1.807) is 32.4 Å². The second kappa shape index (κ2) is 10.5. The summed E-state index contributed by atoms with van der Waals surface area (Å²) in [6, 6.07) is 9.46. The van der Waals surface area contributed by atoms with E-state index in [1.807, 2.05) is 45.0 Å². The Kier molecular flexibility index (Phi) is 7.47. The van der Waals surface area contributed by atoms with Gasteiger partial charge in [-0.1, -0.05) is 32.0 Å². The summed E-state index contributed by atoms with van der Waals surface area (Å²) < 4.78 is 7.89. The summed E-state index contributed by atoms with van der Waals surface area (Å²) in [5.41, 5.74) is 3.03. The predicted molar refractivity (Wildman–Crippen MR) is 150 cm³/mol. The number of ether oxygens (including phenoxy) is 1. The number of pyridine rings is 2. The Hall–Kier alpha value is -3.91. The van der Waals surface area contributed by atoms with Gasteiger partial charge in [-0.2, -0.15) is 0 Å². The van der Waals surface area contributed by atoms with E-state index in [-0.39, 0.29) is 17.4 Å². The summed E-state index contributed by atoms with van der Waals surface area (Å²) in [6.07, 6.45) is 3.90. The zero-order valence-corrected chi connectivity index (χ0v) is 23.1. The lowest BCUT2D eigenvalue weighted by Gasteiger charge is -2.26. The summed E-state index contributed by atoms with van der Waals surface area (Å²) in [4.78, 5) is 33.3. The molecule has 0 radical (unpaired) electrons. The van der Waals surface area contributed by atoms with Gasteiger partial charge in [0.1, 0.15) is 17.0 Å². The number of fused-ring (bicyclic) bond motifs is 1. The van der Waals surface area contributed by atoms with Crippen LogP contribution in [0.1, 0.15) is 61.3 Å². The summed E-state index contributed by atoms with van der Waals surface area (Å²) in [6.45, 7) is 12.1. The smallest absolute Gasteiger partial charge is 0.274 e. The topological polar surface area (TPSA) is 109 Å². The highest BCUT2D eigenvalue weighted by Gasteiger charge is 2.28. The van der Waals surface area contributed by atoms with Gasteiger partial charge in [0.05, 0.1) is 5.60 Å². The Morgan fingerprint density at radius 2 is 1.89 bits per heavy atom. The first-order valence-corrected chi connectivity index (χ1v) is 12.9. The molecule has 0 saturated heterocycles. The maximum Gasteiger partial charge on any atom is 0.274 e. The van der Waals surface area contributed by atoms with Crippen LogP contribution in [0.25, 0.3) is 22.0 Å². The third-order valence-corrected chi connectivity index (χ3v) is 6.72. The summed E-state index contributed by atoms with van der Waals surface area (Å²) in [5.74, 6) is 0.997. The number of amides is 1. The van der Waals surface area contributed by atoms with Crippen LogP contribution in [0.3, 0.4) is 0 Å². The minimum absolute atomic E-state index is 0.257. The van der Waals surface area contributed by atoms with E-state index in [1.165, 1.54) is 4.57 Å². The average molecular weight is 517 g/mol. The number of H-pyrrole nitrogens is 1. The number of benzene rings is 1. The van der Waals surface area contributed by atoms with Gasteiger partial charge < -0.3 is 24.7 Å². The van der Waals surface area contributed by atoms with Crippen LogP contribution in [0.2, 0.25) is 0 Å². The molecule has 1 aromatic carbocycles. The Morgan fingerprint density at radius 3 is 2.53 bits per heavy atom. The maximum absolute atomic E-state index is 13.0. The quantitative estimate of drug-likeness (QED) is 0.293. The van der Waals surface area contributed by atoms with E-state index in [4.69, 9.17) is 4.74 Å². The van der Waals surface area contributed by atoms with Crippen LogP contribution in [0.15, 0.2) is 47.5 Å². The second-order valence-corrected chi connectivity index (χ2v) is 10.6. The SMILES string of the molecule is CCNC(=O)c1cc2c(-c3cc(C(C)(O)CC(C)C)cnc3Oc3c(C)cccc3C)cn(C)c(=O)c2[nH]1. The number of aryl methyl sites for hydroxylation is 3. The highest BCUT2D eigenvalue weighted by molar-refractivity contribution is 6.03. The molecule has 0 aliphatic heterocycles. The molecular weight excluding hydrogens is 480 g/mol. The molecule has 0 saturated carbocycles. The molecule has 4 aromatic rings. The number of hydrogen-bond acceptors (Lipinski definition) is 5. The molecule has 8 nitrogen and oxygen atoms in total. The number of nitrogens with zero attached hydrogens (tertiary/aromatic N) is 2. The maximum atomic E-state index is 13.0. The highest BCUT2D eigenvalue weighted by atomic mass is 16.5. The van der Waals surface area contributed by atoms with Crippen molar-refractivity contribution in [2.45, 2.75) is 53.6 Å². The molecule has 4 rings (SSSR count). The molecule has 0 bridgehead atoms. The number of aromatic amines is 1. The Morgan fingerprint density at radius 1 is 1.21 bits per heavy atom. The number of hydrogen-bond donors (Lipinski definition) is 3. The molecule has 1 unspecified atom stereocenters. The van der Waals surface area contributed by atoms with Crippen LogP contribution < -0.4 is 15.6 Å². The zero-order valence-electron chi connectivity index (χ0n) is 23.1. The van der Waals surface area contributed by atoms with Crippen molar-refractivity contribution in [3.63, 3.8) is 0 Å². The molecule has 0 fully saturated rings. The van der Waals surface area contributed by atoms with Gasteiger partial charge in [0, 0.05) is 48.1 Å². The van der Waals surface area contributed by atoms with Crippen LogP contribution in [-0.2, 0) is 12.6 Å². The van der Waals surface area contributed by atoms with Crippen molar-refractivity contribution in [3.05, 3.63) is 75.5 Å². The molecule has 3 aromatic heterocycles. The van der Waals surface area contributed by atoms with Crippen molar-refractivity contribution in [3.8, 4) is 22.8 Å². The molecule has 3 N–H and O–H groups in total. The van der Waals surface area contributed by atoms with Crippen molar-refractivity contribution in [1.29, 1.82) is 0 Å².